The molecule has 2 aromatic rings. The zero-order valence-electron chi connectivity index (χ0n) is 10.1. The third kappa shape index (κ3) is 2.47. The lowest BCUT2D eigenvalue weighted by Gasteiger charge is -2.03. The average molecular weight is 319 g/mol. The van der Waals surface area contributed by atoms with Gasteiger partial charge in [-0.05, 0) is 36.1 Å². The van der Waals surface area contributed by atoms with Crippen molar-refractivity contribution in [3.8, 4) is 0 Å². The van der Waals surface area contributed by atoms with Crippen LogP contribution in [0.3, 0.4) is 0 Å². The zero-order chi connectivity index (χ0) is 13.4. The van der Waals surface area contributed by atoms with Crippen molar-refractivity contribution in [2.45, 2.75) is 12.3 Å². The lowest BCUT2D eigenvalue weighted by molar-refractivity contribution is 0.0961. The quantitative estimate of drug-likeness (QED) is 0.757. The van der Waals surface area contributed by atoms with Crippen LogP contribution in [0, 0.1) is 11.7 Å². The van der Waals surface area contributed by atoms with E-state index in [1.807, 2.05) is 30.3 Å². The molecule has 3 heteroatoms. The van der Waals surface area contributed by atoms with Gasteiger partial charge in [0.2, 0.25) is 0 Å². The average Bonchev–Trinajstić information content (AvgIpc) is 3.22. The van der Waals surface area contributed by atoms with E-state index in [0.717, 1.165) is 16.5 Å². The minimum Gasteiger partial charge on any atom is -0.294 e. The molecule has 0 aromatic heterocycles. The molecule has 1 aliphatic carbocycles. The molecule has 2 aromatic carbocycles. The van der Waals surface area contributed by atoms with E-state index in [2.05, 4.69) is 15.9 Å². The van der Waals surface area contributed by atoms with Crippen LogP contribution in [0.25, 0.3) is 0 Å². The molecule has 0 radical (unpaired) electrons. The van der Waals surface area contributed by atoms with E-state index >= 15 is 0 Å². The van der Waals surface area contributed by atoms with Crippen LogP contribution in [-0.4, -0.2) is 5.78 Å². The predicted octanol–water partition coefficient (Wildman–Crippen LogP) is 4.57. The molecule has 2 atom stereocenters. The lowest BCUT2D eigenvalue weighted by atomic mass is 10.0. The summed E-state index contributed by atoms with van der Waals surface area (Å²) in [6, 6.07) is 14.4. The third-order valence-corrected chi connectivity index (χ3v) is 4.04. The zero-order valence-corrected chi connectivity index (χ0v) is 11.7. The highest BCUT2D eigenvalue weighted by atomic mass is 79.9. The second kappa shape index (κ2) is 4.89. The Balaban J connectivity index is 1.82. The van der Waals surface area contributed by atoms with E-state index in [0.29, 0.717) is 0 Å². The predicted molar refractivity (Wildman–Crippen MR) is 75.7 cm³/mol. The highest BCUT2D eigenvalue weighted by Gasteiger charge is 2.44. The Bertz CT molecular complexity index is 624. The first-order chi connectivity index (χ1) is 9.16. The number of carbonyl (C=O) groups is 1. The van der Waals surface area contributed by atoms with Gasteiger partial charge in [0.1, 0.15) is 5.82 Å². The molecular formula is C16H12BrFO. The molecule has 1 fully saturated rings. The molecule has 0 N–H and O–H groups in total. The summed E-state index contributed by atoms with van der Waals surface area (Å²) < 4.78 is 14.4. The van der Waals surface area contributed by atoms with Gasteiger partial charge in [-0.25, -0.2) is 4.39 Å². The summed E-state index contributed by atoms with van der Waals surface area (Å²) in [5.41, 5.74) is 1.36. The van der Waals surface area contributed by atoms with Gasteiger partial charge in [-0.1, -0.05) is 46.3 Å². The first-order valence-electron chi connectivity index (χ1n) is 6.21. The first kappa shape index (κ1) is 12.5. The van der Waals surface area contributed by atoms with Crippen LogP contribution in [0.5, 0.6) is 0 Å². The number of halogens is 2. The van der Waals surface area contributed by atoms with Crippen LogP contribution < -0.4 is 0 Å². The second-order valence-corrected chi connectivity index (χ2v) is 5.76. The number of hydrogen-bond donors (Lipinski definition) is 0. The van der Waals surface area contributed by atoms with Gasteiger partial charge in [0.15, 0.2) is 5.78 Å². The molecule has 1 saturated carbocycles. The summed E-state index contributed by atoms with van der Waals surface area (Å²) >= 11 is 3.28. The number of Topliss-reactive ketones (excluding diaryl/α,β-unsaturated/α-hetero) is 1. The van der Waals surface area contributed by atoms with Gasteiger partial charge in [-0.2, -0.15) is 0 Å². The molecule has 0 spiro atoms. The van der Waals surface area contributed by atoms with E-state index in [-0.39, 0.29) is 23.2 Å². The number of benzene rings is 2. The molecule has 96 valence electrons. The summed E-state index contributed by atoms with van der Waals surface area (Å²) in [6.07, 6.45) is 0.814. The van der Waals surface area contributed by atoms with E-state index in [1.165, 1.54) is 6.07 Å². The fraction of sp³-hybridized carbons (Fsp3) is 0.188. The van der Waals surface area contributed by atoms with Crippen molar-refractivity contribution in [1.29, 1.82) is 0 Å². The normalized spacial score (nSPS) is 21.2. The summed E-state index contributed by atoms with van der Waals surface area (Å²) in [5.74, 6) is -0.363. The van der Waals surface area contributed by atoms with E-state index < -0.39 is 5.82 Å². The Hall–Kier alpha value is -1.48. The van der Waals surface area contributed by atoms with Crippen molar-refractivity contribution >= 4 is 21.7 Å². The first-order valence-corrected chi connectivity index (χ1v) is 7.00. The van der Waals surface area contributed by atoms with E-state index in [4.69, 9.17) is 0 Å². The summed E-state index contributed by atoms with van der Waals surface area (Å²) in [6.45, 7) is 0. The number of carbonyl (C=O) groups excluding carboxylic acids is 1. The van der Waals surface area contributed by atoms with E-state index in [1.54, 1.807) is 12.1 Å². The number of hydrogen-bond acceptors (Lipinski definition) is 1. The highest BCUT2D eigenvalue weighted by Crippen LogP contribution is 2.49. The highest BCUT2D eigenvalue weighted by molar-refractivity contribution is 9.10. The Morgan fingerprint density at radius 3 is 2.63 bits per heavy atom. The van der Waals surface area contributed by atoms with Crippen LogP contribution in [-0.2, 0) is 0 Å². The number of rotatable bonds is 3. The molecule has 0 bridgehead atoms. The van der Waals surface area contributed by atoms with Gasteiger partial charge < -0.3 is 0 Å². The molecule has 1 aliphatic rings. The maximum Gasteiger partial charge on any atom is 0.169 e. The molecule has 0 saturated heterocycles. The van der Waals surface area contributed by atoms with Crippen molar-refractivity contribution < 1.29 is 9.18 Å². The van der Waals surface area contributed by atoms with E-state index in [9.17, 15) is 9.18 Å². The standard InChI is InChI=1S/C16H12BrFO/c17-11-6-7-15(18)14(8-11)16(19)13-9-12(13)10-4-2-1-3-5-10/h1-8,12-13H,9H2. The second-order valence-electron chi connectivity index (χ2n) is 4.85. The Labute approximate surface area is 119 Å². The van der Waals surface area contributed by atoms with Crippen molar-refractivity contribution in [2.24, 2.45) is 5.92 Å². The minimum absolute atomic E-state index is 0.0776. The number of ketones is 1. The largest absolute Gasteiger partial charge is 0.294 e. The third-order valence-electron chi connectivity index (χ3n) is 3.55. The summed E-state index contributed by atoms with van der Waals surface area (Å²) in [4.78, 5) is 12.3. The Kier molecular flexibility index (Phi) is 3.23. The van der Waals surface area contributed by atoms with Gasteiger partial charge in [-0.15, -0.1) is 0 Å². The maximum absolute atomic E-state index is 13.7. The van der Waals surface area contributed by atoms with Gasteiger partial charge >= 0.3 is 0 Å². The molecule has 2 unspecified atom stereocenters. The molecule has 1 nitrogen and oxygen atoms in total. The SMILES string of the molecule is O=C(c1cc(Br)ccc1F)C1CC1c1ccccc1. The van der Waals surface area contributed by atoms with Gasteiger partial charge in [0.25, 0.3) is 0 Å². The fourth-order valence-electron chi connectivity index (χ4n) is 2.44. The molecule has 3 rings (SSSR count). The monoisotopic (exact) mass is 318 g/mol. The molecule has 0 amide bonds. The Morgan fingerprint density at radius 1 is 1.16 bits per heavy atom. The van der Waals surface area contributed by atoms with Crippen LogP contribution >= 0.6 is 15.9 Å². The minimum atomic E-state index is -0.438. The van der Waals surface area contributed by atoms with Gasteiger partial charge in [0, 0.05) is 10.4 Å². The topological polar surface area (TPSA) is 17.1 Å². The van der Waals surface area contributed by atoms with Crippen molar-refractivity contribution in [1.82, 2.24) is 0 Å². The van der Waals surface area contributed by atoms with Crippen molar-refractivity contribution in [3.63, 3.8) is 0 Å². The van der Waals surface area contributed by atoms with Crippen molar-refractivity contribution in [3.05, 3.63) is 69.9 Å². The van der Waals surface area contributed by atoms with Crippen LogP contribution in [0.2, 0.25) is 0 Å². The van der Waals surface area contributed by atoms with Crippen LogP contribution in [0.4, 0.5) is 4.39 Å². The van der Waals surface area contributed by atoms with Crippen LogP contribution in [0.1, 0.15) is 28.3 Å². The lowest BCUT2D eigenvalue weighted by Crippen LogP contribution is -2.06. The summed E-state index contributed by atoms with van der Waals surface area (Å²) in [7, 11) is 0. The fourth-order valence-corrected chi connectivity index (χ4v) is 2.80. The maximum atomic E-state index is 13.7. The Morgan fingerprint density at radius 2 is 1.89 bits per heavy atom. The molecular weight excluding hydrogens is 307 g/mol. The molecule has 19 heavy (non-hydrogen) atoms. The smallest absolute Gasteiger partial charge is 0.169 e. The molecule has 0 aliphatic heterocycles. The van der Waals surface area contributed by atoms with Crippen LogP contribution in [0.15, 0.2) is 53.0 Å². The molecule has 0 heterocycles. The van der Waals surface area contributed by atoms with Crippen molar-refractivity contribution in [2.75, 3.05) is 0 Å². The summed E-state index contributed by atoms with van der Waals surface area (Å²) in [5, 5.41) is 0. The van der Waals surface area contributed by atoms with Gasteiger partial charge in [-0.3, -0.25) is 4.79 Å². The van der Waals surface area contributed by atoms with Gasteiger partial charge in [0.05, 0.1) is 5.56 Å².